The van der Waals surface area contributed by atoms with E-state index in [-0.39, 0.29) is 5.82 Å². The molecule has 0 bridgehead atoms. The van der Waals surface area contributed by atoms with E-state index in [9.17, 15) is 9.50 Å². The van der Waals surface area contributed by atoms with Gasteiger partial charge in [0.1, 0.15) is 5.82 Å². The van der Waals surface area contributed by atoms with Crippen LogP contribution in [0.1, 0.15) is 57.6 Å². The summed E-state index contributed by atoms with van der Waals surface area (Å²) in [6, 6.07) is 7.11. The Morgan fingerprint density at radius 2 is 1.90 bits per heavy atom. The molecule has 1 fully saturated rings. The Labute approximate surface area is 128 Å². The number of benzene rings is 1. The van der Waals surface area contributed by atoms with Crippen molar-refractivity contribution < 1.29 is 9.50 Å². The van der Waals surface area contributed by atoms with Gasteiger partial charge in [-0.3, -0.25) is 0 Å². The largest absolute Gasteiger partial charge is 0.388 e. The number of hydrogen-bond acceptors (Lipinski definition) is 2. The van der Waals surface area contributed by atoms with Gasteiger partial charge in [-0.15, -0.1) is 0 Å². The molecule has 0 amide bonds. The minimum atomic E-state index is -0.714. The summed E-state index contributed by atoms with van der Waals surface area (Å²) in [5, 5.41) is 10.2. The van der Waals surface area contributed by atoms with Gasteiger partial charge in [-0.2, -0.15) is 0 Å². The van der Waals surface area contributed by atoms with Gasteiger partial charge >= 0.3 is 0 Å². The van der Waals surface area contributed by atoms with Gasteiger partial charge < -0.3 is 10.0 Å². The van der Waals surface area contributed by atoms with E-state index in [0.29, 0.717) is 23.4 Å². The van der Waals surface area contributed by atoms with Gasteiger partial charge in [0.25, 0.3) is 0 Å². The molecule has 1 aromatic carbocycles. The number of aliphatic hydroxyl groups excluding tert-OH is 1. The quantitative estimate of drug-likeness (QED) is 0.881. The summed E-state index contributed by atoms with van der Waals surface area (Å²) in [4.78, 5) is 2.33. The molecule has 0 aromatic heterocycles. The molecule has 1 saturated carbocycles. The Kier molecular flexibility index (Phi) is 5.39. The van der Waals surface area contributed by atoms with Crippen LogP contribution in [0.5, 0.6) is 0 Å². The number of nitrogens with zero attached hydrogens (tertiary/aromatic N) is 1. The first kappa shape index (κ1) is 16.4. The van der Waals surface area contributed by atoms with Gasteiger partial charge in [0.2, 0.25) is 0 Å². The Bertz CT molecular complexity index is 450. The summed E-state index contributed by atoms with van der Waals surface area (Å²) in [6.07, 6.45) is 4.83. The Morgan fingerprint density at radius 3 is 2.52 bits per heavy atom. The van der Waals surface area contributed by atoms with Crippen molar-refractivity contribution in [3.8, 4) is 0 Å². The summed E-state index contributed by atoms with van der Waals surface area (Å²) in [5.74, 6) is -0.313. The van der Waals surface area contributed by atoms with Crippen molar-refractivity contribution in [2.75, 3.05) is 13.6 Å². The van der Waals surface area contributed by atoms with Crippen LogP contribution in [0.4, 0.5) is 4.39 Å². The van der Waals surface area contributed by atoms with E-state index in [1.54, 1.807) is 18.2 Å². The molecule has 0 spiro atoms. The molecule has 1 aliphatic rings. The van der Waals surface area contributed by atoms with Crippen LogP contribution < -0.4 is 0 Å². The van der Waals surface area contributed by atoms with Crippen molar-refractivity contribution in [3.63, 3.8) is 0 Å². The highest BCUT2D eigenvalue weighted by atomic mass is 19.1. The predicted molar refractivity (Wildman–Crippen MR) is 84.6 cm³/mol. The third kappa shape index (κ3) is 4.52. The van der Waals surface area contributed by atoms with Crippen molar-refractivity contribution in [1.29, 1.82) is 0 Å². The molecule has 1 atom stereocenters. The lowest BCUT2D eigenvalue weighted by Gasteiger charge is -2.38. The lowest BCUT2D eigenvalue weighted by molar-refractivity contribution is 0.0996. The zero-order chi connectivity index (χ0) is 15.5. The molecule has 0 saturated heterocycles. The summed E-state index contributed by atoms with van der Waals surface area (Å²) in [5.41, 5.74) is 0.889. The normalized spacial score (nSPS) is 20.7. The van der Waals surface area contributed by atoms with Gasteiger partial charge in [-0.05, 0) is 50.6 Å². The van der Waals surface area contributed by atoms with E-state index in [2.05, 4.69) is 25.8 Å². The van der Waals surface area contributed by atoms with Gasteiger partial charge in [-0.25, -0.2) is 4.39 Å². The van der Waals surface area contributed by atoms with Crippen molar-refractivity contribution >= 4 is 0 Å². The smallest absolute Gasteiger partial charge is 0.128 e. The number of aliphatic hydroxyl groups is 1. The van der Waals surface area contributed by atoms with Crippen LogP contribution in [0.2, 0.25) is 0 Å². The van der Waals surface area contributed by atoms with E-state index in [0.717, 1.165) is 6.54 Å². The fourth-order valence-corrected chi connectivity index (χ4v) is 3.23. The molecule has 21 heavy (non-hydrogen) atoms. The average Bonchev–Trinajstić information content (AvgIpc) is 2.45. The molecule has 1 aromatic rings. The molecule has 1 unspecified atom stereocenters. The predicted octanol–water partition coefficient (Wildman–Crippen LogP) is 4.15. The molecule has 118 valence electrons. The van der Waals surface area contributed by atoms with Gasteiger partial charge in [0, 0.05) is 18.2 Å². The molecule has 0 aliphatic heterocycles. The third-order valence-corrected chi connectivity index (χ3v) is 4.95. The second-order valence-corrected chi connectivity index (χ2v) is 7.20. The van der Waals surface area contributed by atoms with Crippen molar-refractivity contribution in [2.45, 2.75) is 58.1 Å². The SMILES string of the molecule is CN(CCC(O)c1ccccc1F)C1CCC(C)(C)CC1. The molecule has 3 heteroatoms. The number of halogens is 1. The van der Waals surface area contributed by atoms with Crippen molar-refractivity contribution in [2.24, 2.45) is 5.41 Å². The summed E-state index contributed by atoms with van der Waals surface area (Å²) in [7, 11) is 2.12. The first-order valence-corrected chi connectivity index (χ1v) is 8.02. The molecule has 0 heterocycles. The van der Waals surface area contributed by atoms with Crippen molar-refractivity contribution in [1.82, 2.24) is 4.90 Å². The van der Waals surface area contributed by atoms with Crippen molar-refractivity contribution in [3.05, 3.63) is 35.6 Å². The molecular formula is C18H28FNO. The zero-order valence-corrected chi connectivity index (χ0v) is 13.5. The maximum atomic E-state index is 13.6. The first-order valence-electron chi connectivity index (χ1n) is 8.02. The lowest BCUT2D eigenvalue weighted by Crippen LogP contribution is -2.38. The van der Waals surface area contributed by atoms with Gasteiger partial charge in [0.15, 0.2) is 0 Å². The standard InChI is InChI=1S/C18H28FNO/c1-18(2)11-8-14(9-12-18)20(3)13-10-17(21)15-6-4-5-7-16(15)19/h4-7,14,17,21H,8-13H2,1-3H3. The molecule has 2 rings (SSSR count). The van der Waals surface area contributed by atoms with Crippen LogP contribution in [0.25, 0.3) is 0 Å². The van der Waals surface area contributed by atoms with Crippen LogP contribution >= 0.6 is 0 Å². The Hall–Kier alpha value is -0.930. The minimum Gasteiger partial charge on any atom is -0.388 e. The van der Waals surface area contributed by atoms with E-state index >= 15 is 0 Å². The first-order chi connectivity index (χ1) is 9.89. The lowest BCUT2D eigenvalue weighted by atomic mass is 9.75. The molecular weight excluding hydrogens is 265 g/mol. The summed E-state index contributed by atoms with van der Waals surface area (Å²) >= 11 is 0. The van der Waals surface area contributed by atoms with Gasteiger partial charge in [-0.1, -0.05) is 32.0 Å². The van der Waals surface area contributed by atoms with Crippen LogP contribution in [0, 0.1) is 11.2 Å². The van der Waals surface area contributed by atoms with Crippen LogP contribution in [0.3, 0.4) is 0 Å². The van der Waals surface area contributed by atoms with E-state index in [4.69, 9.17) is 0 Å². The monoisotopic (exact) mass is 293 g/mol. The average molecular weight is 293 g/mol. The topological polar surface area (TPSA) is 23.5 Å². The van der Waals surface area contributed by atoms with Gasteiger partial charge in [0.05, 0.1) is 6.10 Å². The Morgan fingerprint density at radius 1 is 1.29 bits per heavy atom. The number of rotatable bonds is 5. The molecule has 1 N–H and O–H groups in total. The fourth-order valence-electron chi connectivity index (χ4n) is 3.23. The molecule has 2 nitrogen and oxygen atoms in total. The minimum absolute atomic E-state index is 0.313. The molecule has 0 radical (unpaired) electrons. The van der Waals surface area contributed by atoms with E-state index in [1.165, 1.54) is 31.7 Å². The summed E-state index contributed by atoms with van der Waals surface area (Å²) in [6.45, 7) is 5.48. The maximum Gasteiger partial charge on any atom is 0.128 e. The molecule has 1 aliphatic carbocycles. The summed E-state index contributed by atoms with van der Waals surface area (Å²) < 4.78 is 13.6. The van der Waals surface area contributed by atoms with Crippen LogP contribution in [-0.4, -0.2) is 29.6 Å². The maximum absolute atomic E-state index is 13.6. The van der Waals surface area contributed by atoms with E-state index in [1.807, 2.05) is 0 Å². The number of hydrogen-bond donors (Lipinski definition) is 1. The van der Waals surface area contributed by atoms with E-state index < -0.39 is 6.10 Å². The highest BCUT2D eigenvalue weighted by Crippen LogP contribution is 2.36. The second-order valence-electron chi connectivity index (χ2n) is 7.20. The fraction of sp³-hybridized carbons (Fsp3) is 0.667. The Balaban J connectivity index is 1.81. The zero-order valence-electron chi connectivity index (χ0n) is 13.5. The highest BCUT2D eigenvalue weighted by molar-refractivity contribution is 5.19. The van der Waals surface area contributed by atoms with Crippen LogP contribution in [0.15, 0.2) is 24.3 Å². The second kappa shape index (κ2) is 6.89. The highest BCUT2D eigenvalue weighted by Gasteiger charge is 2.28. The van der Waals surface area contributed by atoms with Crippen LogP contribution in [-0.2, 0) is 0 Å². The third-order valence-electron chi connectivity index (χ3n) is 4.95.